The van der Waals surface area contributed by atoms with Gasteiger partial charge >= 0.3 is 6.09 Å². The van der Waals surface area contributed by atoms with Crippen molar-refractivity contribution in [2.75, 3.05) is 32.1 Å². The number of nitrogens with one attached hydrogen (secondary N) is 3. The second-order valence-electron chi connectivity index (χ2n) is 11.9. The van der Waals surface area contributed by atoms with Gasteiger partial charge in [-0.25, -0.2) is 4.79 Å². The molecule has 0 fully saturated rings. The Hall–Kier alpha value is -3.58. The second-order valence-corrected chi connectivity index (χ2v) is 14.9. The molecule has 1 atom stereocenters. The van der Waals surface area contributed by atoms with Crippen LogP contribution in [0.3, 0.4) is 0 Å². The standard InChI is InChI=1S/C39H58N4O6S2/c1-4-5-6-7-8-9-10-11-12-13-14-15-16-17-18-19-20-21-22-25-36(46)41-27-28-50-51-39(2,3)35(30-42-38(48)49-34(31-44)32-45)43-37(47)33-24-23-26-40-29-33/h5-6,8-9,11-12,14-15,17-18,20-21,23-24,26,29,34-35,44-45H,4,7,10,13,16,19,22,25,27-28,30-32H2,1-3H3,(H,41,46)(H,42,48)(H,43,47)/b6-5-,9-8-,12-11-,15-14-,18-17-,21-20-/t35-/m1/s1. The zero-order chi connectivity index (χ0) is 37.4. The van der Waals surface area contributed by atoms with Gasteiger partial charge in [0.1, 0.15) is 6.10 Å². The van der Waals surface area contributed by atoms with E-state index in [9.17, 15) is 24.6 Å². The average Bonchev–Trinajstić information content (AvgIpc) is 3.13. The van der Waals surface area contributed by atoms with E-state index in [2.05, 4.69) is 94.7 Å². The van der Waals surface area contributed by atoms with E-state index in [-0.39, 0.29) is 18.4 Å². The lowest BCUT2D eigenvalue weighted by Crippen LogP contribution is -2.53. The summed E-state index contributed by atoms with van der Waals surface area (Å²) in [7, 11) is 3.08. The molecule has 10 nitrogen and oxygen atoms in total. The number of aromatic nitrogens is 1. The number of hydrogen-bond acceptors (Lipinski definition) is 9. The van der Waals surface area contributed by atoms with Gasteiger partial charge in [-0.1, -0.05) is 101 Å². The van der Waals surface area contributed by atoms with Gasteiger partial charge in [-0.15, -0.1) is 0 Å². The van der Waals surface area contributed by atoms with Crippen molar-refractivity contribution in [2.45, 2.75) is 89.0 Å². The molecule has 51 heavy (non-hydrogen) atoms. The Morgan fingerprint density at radius 1 is 0.863 bits per heavy atom. The summed E-state index contributed by atoms with van der Waals surface area (Å²) in [6, 6.07) is 2.79. The smallest absolute Gasteiger partial charge is 0.407 e. The number of allylic oxidation sites excluding steroid dienone is 12. The van der Waals surface area contributed by atoms with Crippen LogP contribution in [0.25, 0.3) is 0 Å². The van der Waals surface area contributed by atoms with Gasteiger partial charge in [0.25, 0.3) is 5.91 Å². The second kappa shape index (κ2) is 30.1. The van der Waals surface area contributed by atoms with Crippen LogP contribution < -0.4 is 16.0 Å². The average molecular weight is 743 g/mol. The van der Waals surface area contributed by atoms with E-state index in [0.29, 0.717) is 30.7 Å². The number of nitrogens with zero attached hydrogens (tertiary/aromatic N) is 1. The zero-order valence-corrected chi connectivity index (χ0v) is 32.0. The van der Waals surface area contributed by atoms with Gasteiger partial charge in [0, 0.05) is 42.4 Å². The minimum atomic E-state index is -1.03. The first kappa shape index (κ1) is 45.4. The SMILES string of the molecule is CC/C=C\C/C=C\C/C=C\C/C=C\C/C=C\C/C=C\CCC(=O)NCCSSC(C)(C)[C@@H](CNC(=O)OC(CO)CO)NC(=O)c1cccnc1. The molecule has 12 heteroatoms. The Kier molecular flexibility index (Phi) is 26.8. The van der Waals surface area contributed by atoms with Crippen LogP contribution in [0.1, 0.15) is 82.5 Å². The van der Waals surface area contributed by atoms with Gasteiger partial charge in [0.05, 0.1) is 24.8 Å². The van der Waals surface area contributed by atoms with Crippen molar-refractivity contribution in [2.24, 2.45) is 0 Å². The lowest BCUT2D eigenvalue weighted by atomic mass is 10.0. The highest BCUT2D eigenvalue weighted by Gasteiger charge is 2.33. The molecule has 0 saturated heterocycles. The number of amides is 3. The summed E-state index contributed by atoms with van der Waals surface area (Å²) in [5.41, 5.74) is 0.380. The molecule has 0 spiro atoms. The molecule has 3 amide bonds. The summed E-state index contributed by atoms with van der Waals surface area (Å²) >= 11 is 0. The third kappa shape index (κ3) is 24.3. The van der Waals surface area contributed by atoms with Crippen LogP contribution >= 0.6 is 21.6 Å². The first-order valence-corrected chi connectivity index (χ1v) is 19.9. The highest BCUT2D eigenvalue weighted by Crippen LogP contribution is 2.38. The minimum absolute atomic E-state index is 0.00669. The maximum Gasteiger partial charge on any atom is 0.407 e. The fourth-order valence-electron chi connectivity index (χ4n) is 4.15. The number of rotatable bonds is 27. The van der Waals surface area contributed by atoms with Crippen LogP contribution in [0.4, 0.5) is 4.79 Å². The van der Waals surface area contributed by atoms with E-state index in [1.54, 1.807) is 29.1 Å². The molecule has 282 valence electrons. The fourth-order valence-corrected chi connectivity index (χ4v) is 6.74. The molecule has 0 bridgehead atoms. The van der Waals surface area contributed by atoms with Gasteiger partial charge in [0.15, 0.2) is 0 Å². The summed E-state index contributed by atoms with van der Waals surface area (Å²) in [5, 5.41) is 26.9. The number of aliphatic hydroxyl groups is 2. The molecule has 0 aliphatic rings. The van der Waals surface area contributed by atoms with Crippen molar-refractivity contribution in [1.29, 1.82) is 0 Å². The number of hydrogen-bond donors (Lipinski definition) is 5. The van der Waals surface area contributed by atoms with Gasteiger partial charge in [0.2, 0.25) is 5.91 Å². The number of pyridine rings is 1. The van der Waals surface area contributed by atoms with Crippen LogP contribution in [-0.2, 0) is 9.53 Å². The molecular weight excluding hydrogens is 685 g/mol. The Balaban J connectivity index is 2.32. The van der Waals surface area contributed by atoms with E-state index in [0.717, 1.165) is 38.5 Å². The Labute approximate surface area is 312 Å². The fraction of sp³-hybridized carbons (Fsp3) is 0.487. The maximum absolute atomic E-state index is 12.9. The molecule has 0 aliphatic carbocycles. The molecule has 1 heterocycles. The van der Waals surface area contributed by atoms with Gasteiger partial charge in [-0.3, -0.25) is 14.6 Å². The Morgan fingerprint density at radius 3 is 1.96 bits per heavy atom. The van der Waals surface area contributed by atoms with Crippen molar-refractivity contribution >= 4 is 39.5 Å². The molecule has 1 rings (SSSR count). The van der Waals surface area contributed by atoms with Crippen LogP contribution in [0.2, 0.25) is 0 Å². The monoisotopic (exact) mass is 742 g/mol. The zero-order valence-electron chi connectivity index (χ0n) is 30.4. The Morgan fingerprint density at radius 2 is 1.43 bits per heavy atom. The molecule has 1 aromatic heterocycles. The Bertz CT molecular complexity index is 1280. The van der Waals surface area contributed by atoms with Crippen LogP contribution in [-0.4, -0.2) is 82.1 Å². The van der Waals surface area contributed by atoms with E-state index >= 15 is 0 Å². The van der Waals surface area contributed by atoms with Crippen LogP contribution in [0.5, 0.6) is 0 Å². The van der Waals surface area contributed by atoms with Crippen molar-refractivity contribution in [3.8, 4) is 0 Å². The third-order valence-corrected chi connectivity index (χ3v) is 10.5. The summed E-state index contributed by atoms with van der Waals surface area (Å²) in [6.07, 6.45) is 33.9. The molecule has 1 aromatic rings. The van der Waals surface area contributed by atoms with Crippen molar-refractivity contribution in [1.82, 2.24) is 20.9 Å². The lowest BCUT2D eigenvalue weighted by Gasteiger charge is -2.34. The van der Waals surface area contributed by atoms with Crippen molar-refractivity contribution in [3.63, 3.8) is 0 Å². The van der Waals surface area contributed by atoms with E-state index in [4.69, 9.17) is 4.74 Å². The van der Waals surface area contributed by atoms with Crippen LogP contribution in [0.15, 0.2) is 97.4 Å². The highest BCUT2D eigenvalue weighted by atomic mass is 33.1. The predicted octanol–water partition coefficient (Wildman–Crippen LogP) is 7.01. The number of carbonyl (C=O) groups is 3. The topological polar surface area (TPSA) is 150 Å². The summed E-state index contributed by atoms with van der Waals surface area (Å²) in [4.78, 5) is 41.4. The van der Waals surface area contributed by atoms with Gasteiger partial charge in [-0.2, -0.15) is 0 Å². The van der Waals surface area contributed by atoms with E-state index in [1.807, 2.05) is 19.9 Å². The van der Waals surface area contributed by atoms with Gasteiger partial charge in [-0.05, 0) is 70.9 Å². The molecule has 0 aromatic carbocycles. The largest absolute Gasteiger partial charge is 0.441 e. The normalized spacial score (nSPS) is 13.1. The number of carbonyl (C=O) groups excluding carboxylic acids is 3. The quantitative estimate of drug-likeness (QED) is 0.0365. The molecule has 5 N–H and O–H groups in total. The van der Waals surface area contributed by atoms with E-state index < -0.39 is 36.2 Å². The number of aliphatic hydroxyl groups excluding tert-OH is 2. The number of alkyl carbamates (subject to hydrolysis) is 1. The first-order chi connectivity index (χ1) is 24.7. The molecule has 0 saturated carbocycles. The van der Waals surface area contributed by atoms with E-state index in [1.165, 1.54) is 17.0 Å². The maximum atomic E-state index is 12.9. The lowest BCUT2D eigenvalue weighted by molar-refractivity contribution is -0.120. The molecule has 0 radical (unpaired) electrons. The summed E-state index contributed by atoms with van der Waals surface area (Å²) < 4.78 is 4.44. The summed E-state index contributed by atoms with van der Waals surface area (Å²) in [6.45, 7) is 5.55. The molecule has 0 aliphatic heterocycles. The molecule has 0 unspecified atom stereocenters. The minimum Gasteiger partial charge on any atom is -0.441 e. The van der Waals surface area contributed by atoms with Crippen LogP contribution in [0, 0.1) is 0 Å². The molecular formula is C39H58N4O6S2. The number of ether oxygens (including phenoxy) is 1. The van der Waals surface area contributed by atoms with Crippen molar-refractivity contribution in [3.05, 3.63) is 103 Å². The van der Waals surface area contributed by atoms with Crippen molar-refractivity contribution < 1.29 is 29.3 Å². The summed E-state index contributed by atoms with van der Waals surface area (Å²) in [5.74, 6) is 0.296. The predicted molar refractivity (Wildman–Crippen MR) is 213 cm³/mol. The third-order valence-electron chi connectivity index (χ3n) is 7.12. The van der Waals surface area contributed by atoms with Gasteiger partial charge < -0.3 is 30.9 Å². The first-order valence-electron chi connectivity index (χ1n) is 17.6. The highest BCUT2D eigenvalue weighted by molar-refractivity contribution is 8.77.